The zero-order chi connectivity index (χ0) is 44.4. The highest BCUT2D eigenvalue weighted by Gasteiger charge is 2.39. The van der Waals surface area contributed by atoms with E-state index in [1.165, 1.54) is 86.2 Å². The van der Waals surface area contributed by atoms with E-state index < -0.39 is 0 Å². The van der Waals surface area contributed by atoms with Crippen molar-refractivity contribution in [1.29, 1.82) is 0 Å². The van der Waals surface area contributed by atoms with E-state index >= 15 is 0 Å². The topological polar surface area (TPSA) is 19.6 Å². The monoisotopic (exact) mass is 848 g/mol. The van der Waals surface area contributed by atoms with Gasteiger partial charge < -0.3 is 14.2 Å². The molecule has 2 aliphatic carbocycles. The van der Waals surface area contributed by atoms with Gasteiger partial charge in [-0.1, -0.05) is 119 Å². The highest BCUT2D eigenvalue weighted by molar-refractivity contribution is 7.17. The van der Waals surface area contributed by atoms with Crippen molar-refractivity contribution >= 4 is 77.5 Å². The number of anilines is 6. The second kappa shape index (κ2) is 14.3. The fraction of sp³-hybridized carbons (Fsp3) is 0.356. The second-order valence-corrected chi connectivity index (χ2v) is 23.4. The van der Waals surface area contributed by atoms with E-state index in [2.05, 4.69) is 214 Å². The van der Waals surface area contributed by atoms with Crippen LogP contribution in [-0.2, 0) is 27.1 Å². The average molecular weight is 849 g/mol. The Morgan fingerprint density at radius 3 is 1.65 bits per heavy atom. The summed E-state index contributed by atoms with van der Waals surface area (Å²) >= 11 is 1.82. The Balaban J connectivity index is 1.25. The van der Waals surface area contributed by atoms with Gasteiger partial charge in [-0.05, 0) is 166 Å². The number of fused-ring (bicyclic) bond motifs is 6. The van der Waals surface area contributed by atoms with Crippen LogP contribution < -0.4 is 9.80 Å². The zero-order valence-corrected chi connectivity index (χ0v) is 40.4. The normalized spacial score (nSPS) is 17.5. The highest BCUT2D eigenvalue weighted by Crippen LogP contribution is 2.53. The molecule has 0 bridgehead atoms. The Morgan fingerprint density at radius 2 is 1.05 bits per heavy atom. The average Bonchev–Trinajstić information content (AvgIpc) is 3.83. The van der Waals surface area contributed by atoms with Crippen molar-refractivity contribution in [3.05, 3.63) is 154 Å². The van der Waals surface area contributed by atoms with Gasteiger partial charge in [0.15, 0.2) is 0 Å². The molecule has 0 spiro atoms. The van der Waals surface area contributed by atoms with Crippen LogP contribution in [0.4, 0.5) is 34.1 Å². The van der Waals surface area contributed by atoms with Crippen LogP contribution in [0, 0.1) is 6.92 Å². The molecule has 0 saturated carbocycles. The predicted molar refractivity (Wildman–Crippen MR) is 272 cm³/mol. The lowest BCUT2D eigenvalue weighted by atomic mass is 9.63. The molecule has 2 aromatic heterocycles. The molecule has 0 radical (unpaired) electrons. The summed E-state index contributed by atoms with van der Waals surface area (Å²) in [6.45, 7) is 28.7. The molecule has 4 heteroatoms. The molecule has 6 aromatic carbocycles. The molecule has 0 saturated heterocycles. The Kier molecular flexibility index (Phi) is 9.49. The van der Waals surface area contributed by atoms with Gasteiger partial charge >= 0.3 is 0 Å². The zero-order valence-electron chi connectivity index (χ0n) is 39.6. The SMILES string of the molecule is Cc1cc(N(c2ccc3c(c2)C(C)(C)CCC3(C)C)c2ccc3c(c2)C(C)(C)CCC3(C)C)cc(N(c2csc3ccc(C(C)(C)C)cc23)c2cccc3oc4ccccc4c23)c1. The third kappa shape index (κ3) is 6.99. The van der Waals surface area contributed by atoms with Crippen molar-refractivity contribution in [3.63, 3.8) is 0 Å². The van der Waals surface area contributed by atoms with Gasteiger partial charge in [-0.25, -0.2) is 0 Å². The minimum absolute atomic E-state index is 0.00726. The van der Waals surface area contributed by atoms with Crippen molar-refractivity contribution in [2.45, 2.75) is 136 Å². The van der Waals surface area contributed by atoms with Gasteiger partial charge in [-0.2, -0.15) is 0 Å². The quantitative estimate of drug-likeness (QED) is 0.166. The molecule has 0 aliphatic heterocycles. The maximum absolute atomic E-state index is 6.57. The first-order valence-electron chi connectivity index (χ1n) is 23.2. The van der Waals surface area contributed by atoms with Crippen LogP contribution in [0.2, 0.25) is 0 Å². The summed E-state index contributed by atoms with van der Waals surface area (Å²) < 4.78 is 7.85. The van der Waals surface area contributed by atoms with Crippen LogP contribution in [0.5, 0.6) is 0 Å². The third-order valence-corrected chi connectivity index (χ3v) is 16.0. The van der Waals surface area contributed by atoms with Gasteiger partial charge in [0.25, 0.3) is 0 Å². The van der Waals surface area contributed by atoms with E-state index in [1.807, 2.05) is 11.3 Å². The van der Waals surface area contributed by atoms with Gasteiger partial charge in [0, 0.05) is 43.6 Å². The molecule has 0 N–H and O–H groups in total. The number of furan rings is 1. The summed E-state index contributed by atoms with van der Waals surface area (Å²) in [6.07, 6.45) is 4.72. The van der Waals surface area contributed by atoms with Crippen molar-refractivity contribution in [3.8, 4) is 0 Å². The molecular formula is C59H64N2OS. The smallest absolute Gasteiger partial charge is 0.137 e. The Bertz CT molecular complexity index is 3010. The molecule has 10 rings (SSSR count). The molecule has 0 atom stereocenters. The molecule has 63 heavy (non-hydrogen) atoms. The molecule has 0 amide bonds. The van der Waals surface area contributed by atoms with Crippen molar-refractivity contribution in [2.24, 2.45) is 0 Å². The summed E-state index contributed by atoms with van der Waals surface area (Å²) in [7, 11) is 0. The number of thiophene rings is 1. The summed E-state index contributed by atoms with van der Waals surface area (Å²) in [5.74, 6) is 0. The van der Waals surface area contributed by atoms with Gasteiger partial charge in [0.1, 0.15) is 11.2 Å². The van der Waals surface area contributed by atoms with Crippen LogP contribution in [0.3, 0.4) is 0 Å². The summed E-state index contributed by atoms with van der Waals surface area (Å²) in [6, 6.07) is 44.0. The Hall–Kier alpha value is -5.32. The molecule has 8 aromatic rings. The molecule has 0 fully saturated rings. The van der Waals surface area contributed by atoms with E-state index in [1.54, 1.807) is 0 Å². The maximum atomic E-state index is 6.57. The Labute approximate surface area is 379 Å². The first-order chi connectivity index (χ1) is 29.7. The number of para-hydroxylation sites is 1. The standard InChI is InChI=1S/C59H64N2OS/c1-37-30-41(60(39-21-23-45-47(34-39)58(9,10)28-26-56(45,5)6)40-22-24-46-48(35-40)59(11,12)29-27-57(46,7)8)33-42(31-37)61(50-36-63-53-25-20-38(32-44(50)53)55(2,3)4)49-17-15-19-52-54(49)43-16-13-14-18-51(43)62-52/h13-25,30-36H,26-29H2,1-12H3. The highest BCUT2D eigenvalue weighted by atomic mass is 32.1. The van der Waals surface area contributed by atoms with Gasteiger partial charge in [-0.3, -0.25) is 0 Å². The second-order valence-electron chi connectivity index (χ2n) is 22.5. The molecular weight excluding hydrogens is 785 g/mol. The van der Waals surface area contributed by atoms with Crippen molar-refractivity contribution in [1.82, 2.24) is 0 Å². The number of aryl methyl sites for hydroxylation is 1. The number of hydrogen-bond acceptors (Lipinski definition) is 4. The Morgan fingerprint density at radius 1 is 0.492 bits per heavy atom. The number of rotatable bonds is 6. The lowest BCUT2D eigenvalue weighted by Crippen LogP contribution is -2.34. The van der Waals surface area contributed by atoms with E-state index in [9.17, 15) is 0 Å². The molecule has 322 valence electrons. The molecule has 0 unspecified atom stereocenters. The first-order valence-corrected chi connectivity index (χ1v) is 24.0. The fourth-order valence-electron chi connectivity index (χ4n) is 10.9. The van der Waals surface area contributed by atoms with Crippen LogP contribution in [0.25, 0.3) is 32.0 Å². The van der Waals surface area contributed by atoms with Crippen LogP contribution in [0.15, 0.2) is 125 Å². The predicted octanol–water partition coefficient (Wildman–Crippen LogP) is 18.0. The first kappa shape index (κ1) is 41.7. The fourth-order valence-corrected chi connectivity index (χ4v) is 11.8. The maximum Gasteiger partial charge on any atom is 0.137 e. The summed E-state index contributed by atoms with van der Waals surface area (Å²) in [4.78, 5) is 5.07. The minimum atomic E-state index is 0.00726. The number of benzene rings is 6. The molecule has 3 nitrogen and oxygen atoms in total. The number of nitrogens with zero attached hydrogens (tertiary/aromatic N) is 2. The van der Waals surface area contributed by atoms with Crippen LogP contribution in [0.1, 0.15) is 135 Å². The summed E-state index contributed by atoms with van der Waals surface area (Å²) in [5, 5.41) is 5.87. The van der Waals surface area contributed by atoms with Gasteiger partial charge in [0.2, 0.25) is 0 Å². The lowest BCUT2D eigenvalue weighted by molar-refractivity contribution is 0.332. The van der Waals surface area contributed by atoms with Crippen molar-refractivity contribution < 1.29 is 4.42 Å². The molecule has 2 heterocycles. The lowest BCUT2D eigenvalue weighted by Gasteiger charge is -2.43. The van der Waals surface area contributed by atoms with Crippen molar-refractivity contribution in [2.75, 3.05) is 9.80 Å². The third-order valence-electron chi connectivity index (χ3n) is 15.0. The largest absolute Gasteiger partial charge is 0.456 e. The van der Waals surface area contributed by atoms with Gasteiger partial charge in [0.05, 0.1) is 16.8 Å². The molecule has 2 aliphatic rings. The van der Waals surface area contributed by atoms with Crippen LogP contribution in [-0.4, -0.2) is 0 Å². The summed E-state index contributed by atoms with van der Waals surface area (Å²) in [5.41, 5.74) is 17.6. The van der Waals surface area contributed by atoms with E-state index in [0.29, 0.717) is 0 Å². The van der Waals surface area contributed by atoms with E-state index in [-0.39, 0.29) is 27.1 Å². The van der Waals surface area contributed by atoms with Crippen LogP contribution >= 0.6 is 11.3 Å². The van der Waals surface area contributed by atoms with Gasteiger partial charge in [-0.15, -0.1) is 11.3 Å². The number of hydrogen-bond donors (Lipinski definition) is 0. The minimum Gasteiger partial charge on any atom is -0.456 e. The van der Waals surface area contributed by atoms with E-state index in [4.69, 9.17) is 4.42 Å². The van der Waals surface area contributed by atoms with E-state index in [0.717, 1.165) is 39.0 Å².